The molecule has 0 unspecified atom stereocenters. The minimum Gasteiger partial charge on any atom is -0.257 e. The van der Waals surface area contributed by atoms with E-state index in [0.717, 1.165) is 5.69 Å². The minimum absolute atomic E-state index is 0.0426. The molecular formula is C8H9N3O2S. The Morgan fingerprint density at radius 1 is 1.57 bits per heavy atom. The molecule has 0 bridgehead atoms. The van der Waals surface area contributed by atoms with Gasteiger partial charge in [0, 0.05) is 19.0 Å². The van der Waals surface area contributed by atoms with E-state index < -0.39 is 9.84 Å². The average molecular weight is 211 g/mol. The lowest BCUT2D eigenvalue weighted by atomic mass is 10.2. The van der Waals surface area contributed by atoms with Crippen LogP contribution in [0.2, 0.25) is 0 Å². The van der Waals surface area contributed by atoms with Crippen LogP contribution >= 0.6 is 0 Å². The van der Waals surface area contributed by atoms with Gasteiger partial charge >= 0.3 is 0 Å². The molecule has 74 valence electrons. The predicted octanol–water partition coefficient (Wildman–Crippen LogP) is -0.237. The SMILES string of the molecule is Cn1nc2c(c1C#N)CS(=O)(=O)CC2. The first-order valence-electron chi connectivity index (χ1n) is 4.19. The molecule has 1 aromatic heterocycles. The van der Waals surface area contributed by atoms with Gasteiger partial charge in [-0.3, -0.25) is 4.68 Å². The van der Waals surface area contributed by atoms with Crippen LogP contribution in [0, 0.1) is 11.3 Å². The van der Waals surface area contributed by atoms with Gasteiger partial charge in [0.2, 0.25) is 0 Å². The van der Waals surface area contributed by atoms with Crippen molar-refractivity contribution in [2.75, 3.05) is 5.75 Å². The van der Waals surface area contributed by atoms with E-state index in [1.165, 1.54) is 4.68 Å². The first-order valence-corrected chi connectivity index (χ1v) is 6.01. The summed E-state index contributed by atoms with van der Waals surface area (Å²) in [6.07, 6.45) is 0.424. The number of nitrogens with zero attached hydrogens (tertiary/aromatic N) is 3. The number of aromatic nitrogens is 2. The third-order valence-electron chi connectivity index (χ3n) is 2.35. The number of aryl methyl sites for hydroxylation is 2. The summed E-state index contributed by atoms with van der Waals surface area (Å²) in [5, 5.41) is 12.9. The lowest BCUT2D eigenvalue weighted by Gasteiger charge is -2.09. The Hall–Kier alpha value is -1.35. The number of sulfone groups is 1. The molecule has 0 spiro atoms. The van der Waals surface area contributed by atoms with Crippen molar-refractivity contribution in [1.82, 2.24) is 9.78 Å². The highest BCUT2D eigenvalue weighted by atomic mass is 32.2. The normalized spacial score (nSPS) is 18.6. The topological polar surface area (TPSA) is 75.8 Å². The standard InChI is InChI=1S/C8H9N3O2S/c1-11-8(4-9)6-5-14(12,13)3-2-7(6)10-11/h2-3,5H2,1H3. The second-order valence-electron chi connectivity index (χ2n) is 3.35. The Bertz CT molecular complexity index is 522. The third-order valence-corrected chi connectivity index (χ3v) is 3.90. The van der Waals surface area contributed by atoms with Crippen LogP contribution in [-0.2, 0) is 29.1 Å². The van der Waals surface area contributed by atoms with Crippen molar-refractivity contribution in [2.45, 2.75) is 12.2 Å². The molecule has 2 heterocycles. The number of fused-ring (bicyclic) bond motifs is 1. The fourth-order valence-electron chi connectivity index (χ4n) is 1.66. The molecule has 0 saturated carbocycles. The Kier molecular flexibility index (Phi) is 1.86. The zero-order valence-corrected chi connectivity index (χ0v) is 8.50. The highest BCUT2D eigenvalue weighted by Gasteiger charge is 2.27. The fraction of sp³-hybridized carbons (Fsp3) is 0.500. The molecule has 6 heteroatoms. The van der Waals surface area contributed by atoms with Gasteiger partial charge in [-0.1, -0.05) is 0 Å². The second kappa shape index (κ2) is 2.82. The molecule has 0 radical (unpaired) electrons. The van der Waals surface area contributed by atoms with E-state index in [-0.39, 0.29) is 11.5 Å². The Morgan fingerprint density at radius 3 is 2.93 bits per heavy atom. The Balaban J connectivity index is 2.61. The summed E-state index contributed by atoms with van der Waals surface area (Å²) in [7, 11) is -1.36. The van der Waals surface area contributed by atoms with Crippen LogP contribution in [0.1, 0.15) is 17.0 Å². The summed E-state index contributed by atoms with van der Waals surface area (Å²) >= 11 is 0. The lowest BCUT2D eigenvalue weighted by Crippen LogP contribution is -2.18. The fourth-order valence-corrected chi connectivity index (χ4v) is 3.05. The molecule has 5 nitrogen and oxygen atoms in total. The zero-order chi connectivity index (χ0) is 10.3. The van der Waals surface area contributed by atoms with Gasteiger partial charge in [0.05, 0.1) is 17.2 Å². The molecule has 0 atom stereocenters. The molecule has 2 rings (SSSR count). The monoisotopic (exact) mass is 211 g/mol. The summed E-state index contributed by atoms with van der Waals surface area (Å²) in [5.74, 6) is 0.0982. The van der Waals surface area contributed by atoms with Crippen molar-refractivity contribution in [3.8, 4) is 6.07 Å². The first kappa shape index (κ1) is 9.21. The third kappa shape index (κ3) is 1.30. The van der Waals surface area contributed by atoms with Crippen molar-refractivity contribution in [1.29, 1.82) is 5.26 Å². The molecule has 0 amide bonds. The van der Waals surface area contributed by atoms with Crippen molar-refractivity contribution in [3.05, 3.63) is 17.0 Å². The van der Waals surface area contributed by atoms with E-state index in [9.17, 15) is 8.42 Å². The largest absolute Gasteiger partial charge is 0.257 e. The average Bonchev–Trinajstić information content (AvgIpc) is 2.39. The van der Waals surface area contributed by atoms with Gasteiger partial charge in [-0.05, 0) is 0 Å². The van der Waals surface area contributed by atoms with E-state index in [0.29, 0.717) is 17.7 Å². The van der Waals surface area contributed by atoms with Crippen molar-refractivity contribution < 1.29 is 8.42 Å². The van der Waals surface area contributed by atoms with Crippen LogP contribution in [0.3, 0.4) is 0 Å². The van der Waals surface area contributed by atoms with Gasteiger partial charge in [0.1, 0.15) is 11.8 Å². The molecule has 0 N–H and O–H groups in total. The van der Waals surface area contributed by atoms with Crippen LogP contribution in [0.4, 0.5) is 0 Å². The van der Waals surface area contributed by atoms with E-state index >= 15 is 0 Å². The lowest BCUT2D eigenvalue weighted by molar-refractivity contribution is 0.591. The molecule has 0 saturated heterocycles. The van der Waals surface area contributed by atoms with E-state index in [1.54, 1.807) is 7.05 Å². The van der Waals surface area contributed by atoms with Crippen LogP contribution in [0.5, 0.6) is 0 Å². The highest BCUT2D eigenvalue weighted by Crippen LogP contribution is 2.22. The van der Waals surface area contributed by atoms with Crippen molar-refractivity contribution >= 4 is 9.84 Å². The van der Waals surface area contributed by atoms with Crippen LogP contribution in [0.15, 0.2) is 0 Å². The smallest absolute Gasteiger partial charge is 0.155 e. The van der Waals surface area contributed by atoms with Gasteiger partial charge in [0.15, 0.2) is 9.84 Å². The molecule has 0 fully saturated rings. The van der Waals surface area contributed by atoms with E-state index in [4.69, 9.17) is 5.26 Å². The summed E-state index contributed by atoms with van der Waals surface area (Å²) in [4.78, 5) is 0. The maximum atomic E-state index is 11.3. The van der Waals surface area contributed by atoms with Crippen LogP contribution in [-0.4, -0.2) is 24.0 Å². The quantitative estimate of drug-likeness (QED) is 0.593. The van der Waals surface area contributed by atoms with Gasteiger partial charge in [-0.15, -0.1) is 0 Å². The molecule has 1 aromatic rings. The predicted molar refractivity (Wildman–Crippen MR) is 49.1 cm³/mol. The van der Waals surface area contributed by atoms with Crippen LogP contribution in [0.25, 0.3) is 0 Å². The van der Waals surface area contributed by atoms with Gasteiger partial charge in [-0.25, -0.2) is 8.42 Å². The number of nitriles is 1. The van der Waals surface area contributed by atoms with E-state index in [2.05, 4.69) is 5.10 Å². The maximum Gasteiger partial charge on any atom is 0.155 e. The number of hydrogen-bond acceptors (Lipinski definition) is 4. The van der Waals surface area contributed by atoms with Crippen LogP contribution < -0.4 is 0 Å². The van der Waals surface area contributed by atoms with Gasteiger partial charge in [-0.2, -0.15) is 10.4 Å². The highest BCUT2D eigenvalue weighted by molar-refractivity contribution is 7.90. The Morgan fingerprint density at radius 2 is 2.29 bits per heavy atom. The molecule has 14 heavy (non-hydrogen) atoms. The summed E-state index contributed by atoms with van der Waals surface area (Å²) in [5.41, 5.74) is 1.70. The van der Waals surface area contributed by atoms with Gasteiger partial charge in [0.25, 0.3) is 0 Å². The molecular weight excluding hydrogens is 202 g/mol. The number of rotatable bonds is 0. The summed E-state index contributed by atoms with van der Waals surface area (Å²) < 4.78 is 24.1. The second-order valence-corrected chi connectivity index (χ2v) is 5.54. The van der Waals surface area contributed by atoms with E-state index in [1.807, 2.05) is 6.07 Å². The summed E-state index contributed by atoms with van der Waals surface area (Å²) in [6, 6.07) is 1.98. The molecule has 1 aliphatic heterocycles. The number of hydrogen-bond donors (Lipinski definition) is 0. The van der Waals surface area contributed by atoms with Crippen molar-refractivity contribution in [3.63, 3.8) is 0 Å². The molecule has 0 aromatic carbocycles. The van der Waals surface area contributed by atoms with Crippen molar-refractivity contribution in [2.24, 2.45) is 7.05 Å². The maximum absolute atomic E-state index is 11.3. The molecule has 0 aliphatic carbocycles. The summed E-state index contributed by atoms with van der Waals surface area (Å²) in [6.45, 7) is 0. The molecule has 1 aliphatic rings. The zero-order valence-electron chi connectivity index (χ0n) is 7.69. The minimum atomic E-state index is -3.02. The van der Waals surface area contributed by atoms with Gasteiger partial charge < -0.3 is 0 Å². The first-order chi connectivity index (χ1) is 6.53. The Labute approximate surface area is 81.9 Å².